The predicted molar refractivity (Wildman–Crippen MR) is 92.0 cm³/mol. The van der Waals surface area contributed by atoms with Crippen molar-refractivity contribution in [1.29, 1.82) is 0 Å². The highest BCUT2D eigenvalue weighted by atomic mass is 35.5. The number of halogens is 2. The van der Waals surface area contributed by atoms with Gasteiger partial charge in [0, 0.05) is 17.7 Å². The van der Waals surface area contributed by atoms with Gasteiger partial charge in [0.1, 0.15) is 0 Å². The van der Waals surface area contributed by atoms with Gasteiger partial charge in [-0.2, -0.15) is 0 Å². The standard InChI is InChI=1S/C16H14ClFN4S/c1-8(2)15-22-13(9-4-3-5-10(19)12(9)18)14(23-15)11-6-7-20-16(17)21-11/h3-8H,19H2,1-2H3. The molecule has 118 valence electrons. The maximum atomic E-state index is 14.5. The summed E-state index contributed by atoms with van der Waals surface area (Å²) in [7, 11) is 0. The van der Waals surface area contributed by atoms with Crippen LogP contribution in [0, 0.1) is 5.82 Å². The summed E-state index contributed by atoms with van der Waals surface area (Å²) < 4.78 is 14.5. The Morgan fingerprint density at radius 1 is 1.22 bits per heavy atom. The lowest BCUT2D eigenvalue weighted by atomic mass is 10.1. The van der Waals surface area contributed by atoms with E-state index in [4.69, 9.17) is 17.3 Å². The van der Waals surface area contributed by atoms with Gasteiger partial charge in [-0.25, -0.2) is 19.3 Å². The van der Waals surface area contributed by atoms with Crippen LogP contribution in [0.1, 0.15) is 24.8 Å². The van der Waals surface area contributed by atoms with Gasteiger partial charge in [-0.15, -0.1) is 11.3 Å². The maximum absolute atomic E-state index is 14.5. The van der Waals surface area contributed by atoms with Crippen LogP contribution in [0.4, 0.5) is 10.1 Å². The summed E-state index contributed by atoms with van der Waals surface area (Å²) >= 11 is 7.36. The zero-order valence-corrected chi connectivity index (χ0v) is 14.1. The zero-order valence-electron chi connectivity index (χ0n) is 12.5. The molecule has 4 nitrogen and oxygen atoms in total. The van der Waals surface area contributed by atoms with Gasteiger partial charge in [0.2, 0.25) is 5.28 Å². The van der Waals surface area contributed by atoms with Gasteiger partial charge in [0.15, 0.2) is 5.82 Å². The molecule has 2 N–H and O–H groups in total. The van der Waals surface area contributed by atoms with Crippen molar-refractivity contribution < 1.29 is 4.39 Å². The monoisotopic (exact) mass is 348 g/mol. The molecule has 0 amide bonds. The Hall–Kier alpha value is -2.05. The number of nitrogens with two attached hydrogens (primary N) is 1. The van der Waals surface area contributed by atoms with E-state index < -0.39 is 5.82 Å². The van der Waals surface area contributed by atoms with Crippen LogP contribution >= 0.6 is 22.9 Å². The normalized spacial score (nSPS) is 11.2. The summed E-state index contributed by atoms with van der Waals surface area (Å²) in [6.07, 6.45) is 1.57. The number of hydrogen-bond acceptors (Lipinski definition) is 5. The van der Waals surface area contributed by atoms with Crippen molar-refractivity contribution in [3.8, 4) is 21.8 Å². The van der Waals surface area contributed by atoms with Gasteiger partial charge in [-0.3, -0.25) is 0 Å². The Balaban J connectivity index is 2.25. The van der Waals surface area contributed by atoms with Crippen LogP contribution < -0.4 is 5.73 Å². The van der Waals surface area contributed by atoms with Gasteiger partial charge < -0.3 is 5.73 Å². The molecule has 0 saturated heterocycles. The Morgan fingerprint density at radius 3 is 2.70 bits per heavy atom. The molecule has 0 aliphatic carbocycles. The molecule has 0 atom stereocenters. The van der Waals surface area contributed by atoms with Crippen LogP contribution in [0.5, 0.6) is 0 Å². The molecule has 0 saturated carbocycles. The van der Waals surface area contributed by atoms with E-state index in [1.54, 1.807) is 24.4 Å². The lowest BCUT2D eigenvalue weighted by Crippen LogP contribution is -1.95. The highest BCUT2D eigenvalue weighted by Gasteiger charge is 2.21. The summed E-state index contributed by atoms with van der Waals surface area (Å²) in [4.78, 5) is 13.5. The molecule has 1 aromatic carbocycles. The molecule has 0 aliphatic heterocycles. The van der Waals surface area contributed by atoms with E-state index in [-0.39, 0.29) is 16.9 Å². The number of nitrogen functional groups attached to an aromatic ring is 1. The fourth-order valence-corrected chi connectivity index (χ4v) is 3.33. The van der Waals surface area contributed by atoms with Crippen LogP contribution in [0.25, 0.3) is 21.8 Å². The second-order valence-corrected chi connectivity index (χ2v) is 6.67. The largest absolute Gasteiger partial charge is 0.396 e. The third kappa shape index (κ3) is 3.04. The first-order valence-corrected chi connectivity index (χ1v) is 8.20. The Labute approximate surface area is 142 Å². The van der Waals surface area contributed by atoms with Gasteiger partial charge in [0.25, 0.3) is 0 Å². The van der Waals surface area contributed by atoms with Gasteiger partial charge >= 0.3 is 0 Å². The molecular formula is C16H14ClFN4S. The van der Waals surface area contributed by atoms with Crippen molar-refractivity contribution in [3.63, 3.8) is 0 Å². The van der Waals surface area contributed by atoms with Crippen molar-refractivity contribution in [2.75, 3.05) is 5.73 Å². The fourth-order valence-electron chi connectivity index (χ4n) is 2.13. The Kier molecular flexibility index (Phi) is 4.28. The van der Waals surface area contributed by atoms with Gasteiger partial charge in [0.05, 0.1) is 27.0 Å². The second kappa shape index (κ2) is 6.22. The predicted octanol–water partition coefficient (Wildman–Crippen LogP) is 4.77. The van der Waals surface area contributed by atoms with E-state index in [1.807, 2.05) is 13.8 Å². The van der Waals surface area contributed by atoms with E-state index in [0.29, 0.717) is 17.0 Å². The van der Waals surface area contributed by atoms with E-state index in [2.05, 4.69) is 15.0 Å². The highest BCUT2D eigenvalue weighted by Crippen LogP contribution is 2.40. The number of thiazole rings is 1. The zero-order chi connectivity index (χ0) is 16.6. The third-order valence-electron chi connectivity index (χ3n) is 3.28. The van der Waals surface area contributed by atoms with E-state index in [1.165, 1.54) is 17.4 Å². The third-order valence-corrected chi connectivity index (χ3v) is 4.84. The molecule has 0 spiro atoms. The minimum Gasteiger partial charge on any atom is -0.396 e. The molecule has 3 rings (SSSR count). The molecule has 7 heteroatoms. The SMILES string of the molecule is CC(C)c1nc(-c2cccc(N)c2F)c(-c2ccnc(Cl)n2)s1. The van der Waals surface area contributed by atoms with Crippen LogP contribution in [0.3, 0.4) is 0 Å². The van der Waals surface area contributed by atoms with Gasteiger partial charge in [-0.1, -0.05) is 19.9 Å². The molecule has 0 aliphatic rings. The first-order chi connectivity index (χ1) is 11.0. The topological polar surface area (TPSA) is 64.7 Å². The fraction of sp³-hybridized carbons (Fsp3) is 0.188. The first kappa shape index (κ1) is 15.8. The average molecular weight is 349 g/mol. The minimum absolute atomic E-state index is 0.0910. The first-order valence-electron chi connectivity index (χ1n) is 7.01. The lowest BCUT2D eigenvalue weighted by molar-refractivity contribution is 0.635. The smallest absolute Gasteiger partial charge is 0.222 e. The summed E-state index contributed by atoms with van der Waals surface area (Å²) in [5, 5.41) is 1.03. The number of aromatic nitrogens is 3. The Morgan fingerprint density at radius 2 is 2.00 bits per heavy atom. The molecule has 0 unspecified atom stereocenters. The van der Waals surface area contributed by atoms with Crippen LogP contribution in [0.15, 0.2) is 30.5 Å². The summed E-state index contributed by atoms with van der Waals surface area (Å²) in [6, 6.07) is 6.63. The molecule has 2 aromatic heterocycles. The van der Waals surface area contributed by atoms with Crippen LogP contribution in [0.2, 0.25) is 5.28 Å². The minimum atomic E-state index is -0.477. The molecule has 0 fully saturated rings. The number of nitrogens with zero attached hydrogens (tertiary/aromatic N) is 3. The summed E-state index contributed by atoms with van der Waals surface area (Å²) in [5.74, 6) is -0.261. The van der Waals surface area contributed by atoms with E-state index in [9.17, 15) is 4.39 Å². The summed E-state index contributed by atoms with van der Waals surface area (Å²) in [6.45, 7) is 4.07. The number of hydrogen-bond donors (Lipinski definition) is 1. The van der Waals surface area contributed by atoms with Crippen molar-refractivity contribution in [1.82, 2.24) is 15.0 Å². The quantitative estimate of drug-likeness (QED) is 0.547. The molecule has 0 bridgehead atoms. The molecular weight excluding hydrogens is 335 g/mol. The van der Waals surface area contributed by atoms with E-state index >= 15 is 0 Å². The van der Waals surface area contributed by atoms with Crippen molar-refractivity contribution in [3.05, 3.63) is 46.6 Å². The van der Waals surface area contributed by atoms with Crippen LogP contribution in [-0.4, -0.2) is 15.0 Å². The van der Waals surface area contributed by atoms with Crippen molar-refractivity contribution >= 4 is 28.6 Å². The van der Waals surface area contributed by atoms with Crippen molar-refractivity contribution in [2.24, 2.45) is 0 Å². The number of benzene rings is 1. The number of rotatable bonds is 3. The van der Waals surface area contributed by atoms with Crippen LogP contribution in [-0.2, 0) is 0 Å². The summed E-state index contributed by atoms with van der Waals surface area (Å²) in [5.41, 5.74) is 7.28. The molecule has 23 heavy (non-hydrogen) atoms. The molecule has 0 radical (unpaired) electrons. The van der Waals surface area contributed by atoms with Crippen molar-refractivity contribution in [2.45, 2.75) is 19.8 Å². The van der Waals surface area contributed by atoms with Gasteiger partial charge in [-0.05, 0) is 29.8 Å². The average Bonchev–Trinajstić information content (AvgIpc) is 2.95. The molecule has 3 aromatic rings. The maximum Gasteiger partial charge on any atom is 0.222 e. The molecule has 2 heterocycles. The highest BCUT2D eigenvalue weighted by molar-refractivity contribution is 7.15. The lowest BCUT2D eigenvalue weighted by Gasteiger charge is -2.05. The Bertz CT molecular complexity index is 863. The number of anilines is 1. The van der Waals surface area contributed by atoms with E-state index in [0.717, 1.165) is 9.88 Å². The second-order valence-electron chi connectivity index (χ2n) is 5.30.